The Morgan fingerprint density at radius 1 is 0.897 bits per heavy atom. The molecule has 3 saturated carbocycles. The van der Waals surface area contributed by atoms with Crippen LogP contribution >= 0.6 is 0 Å². The molecule has 0 heterocycles. The van der Waals surface area contributed by atoms with Gasteiger partial charge in [-0.15, -0.1) is 0 Å². The van der Waals surface area contributed by atoms with E-state index >= 15 is 0 Å². The van der Waals surface area contributed by atoms with Crippen LogP contribution in [0.2, 0.25) is 0 Å². The monoisotopic (exact) mass is 396 g/mol. The van der Waals surface area contributed by atoms with E-state index in [-0.39, 0.29) is 11.2 Å². The van der Waals surface area contributed by atoms with Gasteiger partial charge in [-0.3, -0.25) is 4.79 Å². The number of carbonyl (C=O) groups excluding carboxylic acids is 1. The lowest BCUT2D eigenvalue weighted by Gasteiger charge is -2.61. The molecule has 0 spiro atoms. The van der Waals surface area contributed by atoms with Crippen molar-refractivity contribution in [3.8, 4) is 0 Å². The van der Waals surface area contributed by atoms with Gasteiger partial charge in [-0.25, -0.2) is 0 Å². The van der Waals surface area contributed by atoms with E-state index in [1.807, 2.05) is 30.3 Å². The molecule has 2 bridgehead atoms. The summed E-state index contributed by atoms with van der Waals surface area (Å²) in [5.41, 5.74) is -0.565. The van der Waals surface area contributed by atoms with Gasteiger partial charge in [0, 0.05) is 11.0 Å². The van der Waals surface area contributed by atoms with Gasteiger partial charge in [-0.1, -0.05) is 71.4 Å². The third-order valence-corrected chi connectivity index (χ3v) is 10.0. The highest BCUT2D eigenvalue weighted by Crippen LogP contribution is 2.63. The smallest absolute Gasteiger partial charge is 0.194 e. The summed E-state index contributed by atoms with van der Waals surface area (Å²) in [6, 6.07) is 9.51. The Bertz CT molecular complexity index is 753. The number of rotatable bonds is 2. The van der Waals surface area contributed by atoms with Crippen LogP contribution in [0, 0.1) is 40.4 Å². The van der Waals surface area contributed by atoms with Crippen LogP contribution in [-0.4, -0.2) is 16.5 Å². The van der Waals surface area contributed by atoms with Gasteiger partial charge in [0.25, 0.3) is 0 Å². The third-order valence-electron chi connectivity index (χ3n) is 10.0. The number of hydrogen-bond donors (Lipinski definition) is 1. The molecular weight excluding hydrogens is 356 g/mol. The molecule has 3 aliphatic carbocycles. The molecule has 0 aliphatic heterocycles. The minimum absolute atomic E-state index is 0.0458. The Morgan fingerprint density at radius 2 is 1.55 bits per heavy atom. The van der Waals surface area contributed by atoms with Crippen molar-refractivity contribution in [3.63, 3.8) is 0 Å². The van der Waals surface area contributed by atoms with Crippen LogP contribution in [0.1, 0.15) is 89.9 Å². The van der Waals surface area contributed by atoms with Crippen LogP contribution in [-0.2, 0) is 0 Å². The van der Waals surface area contributed by atoms with E-state index in [2.05, 4.69) is 34.6 Å². The van der Waals surface area contributed by atoms with E-state index in [9.17, 15) is 9.90 Å². The zero-order valence-electron chi connectivity index (χ0n) is 19.1. The minimum atomic E-state index is -1.25. The topological polar surface area (TPSA) is 37.3 Å². The number of benzene rings is 1. The first kappa shape index (κ1) is 21.1. The Morgan fingerprint density at radius 3 is 2.24 bits per heavy atom. The molecule has 4 rings (SSSR count). The molecule has 2 heteroatoms. The highest BCUT2D eigenvalue weighted by molar-refractivity contribution is 6.03. The second-order valence-electron chi connectivity index (χ2n) is 11.5. The van der Waals surface area contributed by atoms with Crippen LogP contribution in [0.15, 0.2) is 30.3 Å². The zero-order chi connectivity index (χ0) is 21.0. The summed E-state index contributed by atoms with van der Waals surface area (Å²) in [5.74, 6) is 3.05. The molecule has 1 aromatic rings. The minimum Gasteiger partial charge on any atom is -0.381 e. The fourth-order valence-electron chi connectivity index (χ4n) is 7.86. The van der Waals surface area contributed by atoms with Crippen LogP contribution in [0.25, 0.3) is 0 Å². The molecule has 2 nitrogen and oxygen atoms in total. The molecule has 0 saturated heterocycles. The molecule has 1 N–H and O–H groups in total. The van der Waals surface area contributed by atoms with E-state index in [1.54, 1.807) is 0 Å². The largest absolute Gasteiger partial charge is 0.381 e. The highest BCUT2D eigenvalue weighted by atomic mass is 16.3. The van der Waals surface area contributed by atoms with E-state index in [4.69, 9.17) is 0 Å². The number of aliphatic hydroxyl groups is 1. The first-order valence-electron chi connectivity index (χ1n) is 11.9. The molecule has 29 heavy (non-hydrogen) atoms. The lowest BCUT2D eigenvalue weighted by atomic mass is 9.45. The molecule has 160 valence electrons. The fourth-order valence-corrected chi connectivity index (χ4v) is 7.86. The Labute approximate surface area is 177 Å². The van der Waals surface area contributed by atoms with Crippen LogP contribution in [0.4, 0.5) is 0 Å². The molecule has 1 aromatic carbocycles. The zero-order valence-corrected chi connectivity index (χ0v) is 19.1. The van der Waals surface area contributed by atoms with Crippen LogP contribution in [0.5, 0.6) is 0 Å². The van der Waals surface area contributed by atoms with Gasteiger partial charge in [-0.05, 0) is 73.5 Å². The van der Waals surface area contributed by atoms with E-state index in [0.29, 0.717) is 41.1 Å². The predicted molar refractivity (Wildman–Crippen MR) is 119 cm³/mol. The Hall–Kier alpha value is -1.15. The van der Waals surface area contributed by atoms with E-state index in [1.165, 1.54) is 12.8 Å². The number of hydrogen-bond acceptors (Lipinski definition) is 2. The second kappa shape index (κ2) is 7.22. The Balaban J connectivity index is 1.76. The summed E-state index contributed by atoms with van der Waals surface area (Å²) in [6.07, 6.45) is 7.44. The summed E-state index contributed by atoms with van der Waals surface area (Å²) >= 11 is 0. The van der Waals surface area contributed by atoms with Crippen molar-refractivity contribution < 1.29 is 9.90 Å². The number of carbonyl (C=O) groups is 1. The molecular formula is C27H40O2. The van der Waals surface area contributed by atoms with Gasteiger partial charge < -0.3 is 5.11 Å². The van der Waals surface area contributed by atoms with Crippen LogP contribution < -0.4 is 0 Å². The number of Topliss-reactive ketones (excluding diaryl/α,β-unsaturated/α-hetero) is 1. The van der Waals surface area contributed by atoms with Crippen LogP contribution in [0.3, 0.4) is 0 Å². The summed E-state index contributed by atoms with van der Waals surface area (Å²) in [6.45, 7) is 12.0. The molecule has 7 atom stereocenters. The van der Waals surface area contributed by atoms with Gasteiger partial charge in [0.15, 0.2) is 5.78 Å². The maximum Gasteiger partial charge on any atom is 0.194 e. The van der Waals surface area contributed by atoms with E-state index in [0.717, 1.165) is 31.6 Å². The first-order chi connectivity index (χ1) is 13.6. The normalized spacial score (nSPS) is 44.3. The summed E-state index contributed by atoms with van der Waals surface area (Å²) < 4.78 is 0. The molecule has 3 aliphatic rings. The van der Waals surface area contributed by atoms with Crippen molar-refractivity contribution in [1.29, 1.82) is 0 Å². The summed E-state index contributed by atoms with van der Waals surface area (Å²) in [5, 5.41) is 12.1. The SMILES string of the molecule is C[C@@H]1CCC(O)(C(=O)c2ccccc2)[C@@]2(C)CC[C@H]3[C@H](C)CC[C@@H](C[C@H]12)C3(C)C. The van der Waals surface area contributed by atoms with E-state index < -0.39 is 5.60 Å². The second-order valence-corrected chi connectivity index (χ2v) is 11.5. The van der Waals surface area contributed by atoms with Crippen molar-refractivity contribution >= 4 is 5.78 Å². The molecule has 0 aromatic heterocycles. The molecule has 1 unspecified atom stereocenters. The van der Waals surface area contributed by atoms with Crippen molar-refractivity contribution in [1.82, 2.24) is 0 Å². The first-order valence-corrected chi connectivity index (χ1v) is 11.9. The summed E-state index contributed by atoms with van der Waals surface area (Å²) in [7, 11) is 0. The standard InChI is InChI=1S/C27H40O2/c1-18-11-12-21-17-23-19(2)13-16-27(29,24(28)20-9-7-6-8-10-20)26(23,5)15-14-22(18)25(21,3)4/h6-10,18-19,21-23,29H,11-17H2,1-5H3/t18-,19-,21+,22+,23-,26+,27?/m1/s1. The number of fused-ring (bicyclic) bond motifs is 3. The molecule has 0 amide bonds. The third kappa shape index (κ3) is 3.12. The fraction of sp³-hybridized carbons (Fsp3) is 0.741. The summed E-state index contributed by atoms with van der Waals surface area (Å²) in [4.78, 5) is 13.7. The van der Waals surface area contributed by atoms with Crippen molar-refractivity contribution in [2.24, 2.45) is 40.4 Å². The molecule has 3 fully saturated rings. The highest BCUT2D eigenvalue weighted by Gasteiger charge is 2.61. The maximum absolute atomic E-state index is 13.7. The van der Waals surface area contributed by atoms with Gasteiger partial charge in [-0.2, -0.15) is 0 Å². The average molecular weight is 397 g/mol. The number of ketones is 1. The van der Waals surface area contributed by atoms with Crippen molar-refractivity contribution in [2.75, 3.05) is 0 Å². The Kier molecular flexibility index (Phi) is 5.25. The predicted octanol–water partition coefficient (Wildman–Crippen LogP) is 6.53. The lowest BCUT2D eigenvalue weighted by molar-refractivity contribution is -0.157. The van der Waals surface area contributed by atoms with Crippen molar-refractivity contribution in [3.05, 3.63) is 35.9 Å². The van der Waals surface area contributed by atoms with Gasteiger partial charge in [0.1, 0.15) is 5.60 Å². The maximum atomic E-state index is 13.7. The average Bonchev–Trinajstić information content (AvgIpc) is 2.69. The van der Waals surface area contributed by atoms with Crippen molar-refractivity contribution in [2.45, 2.75) is 85.2 Å². The van der Waals surface area contributed by atoms with Gasteiger partial charge in [0.05, 0.1) is 0 Å². The quantitative estimate of drug-likeness (QED) is 0.577. The lowest BCUT2D eigenvalue weighted by Crippen LogP contribution is -2.62. The molecule has 0 radical (unpaired) electrons. The van der Waals surface area contributed by atoms with Gasteiger partial charge >= 0.3 is 0 Å². The van der Waals surface area contributed by atoms with Gasteiger partial charge in [0.2, 0.25) is 0 Å².